The van der Waals surface area contributed by atoms with Crippen LogP contribution in [0.5, 0.6) is 0 Å². The van der Waals surface area contributed by atoms with E-state index in [4.69, 9.17) is 16.7 Å². The maximum absolute atomic E-state index is 8.58. The molecule has 2 N–H and O–H groups in total. The lowest BCUT2D eigenvalue weighted by Crippen LogP contribution is -2.01. The van der Waals surface area contributed by atoms with Crippen LogP contribution in [0.1, 0.15) is 19.3 Å². The largest absolute Gasteiger partial charge is 0.396 e. The Morgan fingerprint density at radius 2 is 1.69 bits per heavy atom. The number of hydrogen-bond acceptors (Lipinski definition) is 2. The molecule has 0 saturated heterocycles. The van der Waals surface area contributed by atoms with Gasteiger partial charge in [-0.3, -0.25) is 0 Å². The molecule has 90 valence electrons. The van der Waals surface area contributed by atoms with Crippen LogP contribution in [0.2, 0.25) is 5.02 Å². The highest BCUT2D eigenvalue weighted by Crippen LogP contribution is 2.13. The third-order valence-electron chi connectivity index (χ3n) is 2.01. The van der Waals surface area contributed by atoms with Crippen molar-refractivity contribution in [3.05, 3.63) is 42.4 Å². The minimum atomic E-state index is 0.293. The number of rotatable bonds is 6. The van der Waals surface area contributed by atoms with E-state index in [2.05, 4.69) is 18.5 Å². The van der Waals surface area contributed by atoms with Gasteiger partial charge in [-0.1, -0.05) is 11.6 Å². The summed E-state index contributed by atoms with van der Waals surface area (Å²) in [6.07, 6.45) is 3.04. The van der Waals surface area contributed by atoms with Gasteiger partial charge in [0.1, 0.15) is 0 Å². The molecule has 1 rings (SSSR count). The Labute approximate surface area is 103 Å². The fourth-order valence-electron chi connectivity index (χ4n) is 1.21. The van der Waals surface area contributed by atoms with Crippen molar-refractivity contribution >= 4 is 17.3 Å². The van der Waals surface area contributed by atoms with Gasteiger partial charge < -0.3 is 10.4 Å². The van der Waals surface area contributed by atoms with Gasteiger partial charge in [0.2, 0.25) is 0 Å². The first-order chi connectivity index (χ1) is 7.83. The number of aliphatic hydroxyl groups excluding tert-OH is 1. The summed E-state index contributed by atoms with van der Waals surface area (Å²) < 4.78 is 0. The molecule has 0 aliphatic carbocycles. The highest BCUT2D eigenvalue weighted by Gasteiger charge is 1.91. The number of halogens is 1. The number of nitrogens with one attached hydrogen (secondary N) is 1. The molecular weight excluding hydrogens is 222 g/mol. The lowest BCUT2D eigenvalue weighted by molar-refractivity contribution is 0.283. The van der Waals surface area contributed by atoms with Crippen molar-refractivity contribution < 1.29 is 5.11 Å². The molecule has 0 saturated carbocycles. The first-order valence-corrected chi connectivity index (χ1v) is 5.81. The van der Waals surface area contributed by atoms with Crippen molar-refractivity contribution in [3.8, 4) is 0 Å². The predicted octanol–water partition coefficient (Wildman–Crippen LogP) is 3.72. The molecule has 0 heterocycles. The Morgan fingerprint density at radius 3 is 2.25 bits per heavy atom. The third-order valence-corrected chi connectivity index (χ3v) is 2.26. The number of hydrogen-bond donors (Lipinski definition) is 2. The second kappa shape index (κ2) is 10.5. The van der Waals surface area contributed by atoms with Gasteiger partial charge in [-0.2, -0.15) is 0 Å². The molecule has 0 unspecified atom stereocenters. The summed E-state index contributed by atoms with van der Waals surface area (Å²) in [6.45, 7) is 7.24. The van der Waals surface area contributed by atoms with E-state index in [-0.39, 0.29) is 0 Å². The van der Waals surface area contributed by atoms with Gasteiger partial charge in [0, 0.05) is 23.9 Å². The smallest absolute Gasteiger partial charge is 0.0431 e. The van der Waals surface area contributed by atoms with Crippen LogP contribution < -0.4 is 5.32 Å². The first-order valence-electron chi connectivity index (χ1n) is 5.43. The normalized spacial score (nSPS) is 9.12. The average Bonchev–Trinajstić information content (AvgIpc) is 2.34. The van der Waals surface area contributed by atoms with Crippen LogP contribution in [0.3, 0.4) is 0 Å². The Kier molecular flexibility index (Phi) is 9.87. The van der Waals surface area contributed by atoms with Crippen LogP contribution in [0.25, 0.3) is 0 Å². The van der Waals surface area contributed by atoms with Crippen molar-refractivity contribution in [2.45, 2.75) is 19.3 Å². The second-order valence-corrected chi connectivity index (χ2v) is 3.65. The minimum absolute atomic E-state index is 0.293. The third kappa shape index (κ3) is 7.32. The molecule has 2 nitrogen and oxygen atoms in total. The van der Waals surface area contributed by atoms with E-state index < -0.39 is 0 Å². The van der Waals surface area contributed by atoms with Crippen molar-refractivity contribution in [2.24, 2.45) is 0 Å². The molecule has 0 aliphatic rings. The number of benzene rings is 1. The molecule has 1 aromatic rings. The Hall–Kier alpha value is -0.990. The van der Waals surface area contributed by atoms with Crippen molar-refractivity contribution in [2.75, 3.05) is 18.5 Å². The quantitative estimate of drug-likeness (QED) is 0.588. The molecule has 0 aromatic heterocycles. The Balaban J connectivity index is 0.00000106. The number of unbranched alkanes of at least 4 members (excludes halogenated alkanes) is 2. The molecule has 0 spiro atoms. The number of aliphatic hydroxyl groups is 1. The summed E-state index contributed by atoms with van der Waals surface area (Å²) in [7, 11) is 0. The average molecular weight is 242 g/mol. The molecule has 0 fully saturated rings. The molecule has 1 aromatic carbocycles. The van der Waals surface area contributed by atoms with Crippen LogP contribution in [0.15, 0.2) is 37.4 Å². The van der Waals surface area contributed by atoms with Crippen molar-refractivity contribution in [1.29, 1.82) is 0 Å². The molecule has 0 atom stereocenters. The lowest BCUT2D eigenvalue weighted by Gasteiger charge is -2.05. The summed E-state index contributed by atoms with van der Waals surface area (Å²) in [4.78, 5) is 0. The van der Waals surface area contributed by atoms with Gasteiger partial charge in [-0.05, 0) is 43.5 Å². The Morgan fingerprint density at radius 1 is 1.06 bits per heavy atom. The summed E-state index contributed by atoms with van der Waals surface area (Å²) in [5.74, 6) is 0. The van der Waals surface area contributed by atoms with E-state index in [9.17, 15) is 0 Å². The van der Waals surface area contributed by atoms with Crippen molar-refractivity contribution in [3.63, 3.8) is 0 Å². The van der Waals surface area contributed by atoms with Gasteiger partial charge in [0.25, 0.3) is 0 Å². The van der Waals surface area contributed by atoms with Crippen LogP contribution in [-0.2, 0) is 0 Å². The van der Waals surface area contributed by atoms with E-state index in [1.807, 2.05) is 24.3 Å². The van der Waals surface area contributed by atoms with E-state index in [1.165, 1.54) is 0 Å². The SMILES string of the molecule is C=C.OCCCCCNc1ccc(Cl)cc1. The van der Waals surface area contributed by atoms with E-state index >= 15 is 0 Å². The lowest BCUT2D eigenvalue weighted by atomic mass is 10.2. The van der Waals surface area contributed by atoms with E-state index in [0.29, 0.717) is 6.61 Å². The zero-order valence-corrected chi connectivity index (χ0v) is 10.3. The van der Waals surface area contributed by atoms with E-state index in [1.54, 1.807) is 0 Å². The van der Waals surface area contributed by atoms with Gasteiger partial charge in [0.15, 0.2) is 0 Å². The van der Waals surface area contributed by atoms with Gasteiger partial charge in [-0.15, -0.1) is 13.2 Å². The number of anilines is 1. The summed E-state index contributed by atoms with van der Waals surface area (Å²) in [6, 6.07) is 7.68. The van der Waals surface area contributed by atoms with Crippen LogP contribution in [0, 0.1) is 0 Å². The molecule has 0 amide bonds. The minimum Gasteiger partial charge on any atom is -0.396 e. The predicted molar refractivity (Wildman–Crippen MR) is 72.1 cm³/mol. The standard InChI is InChI=1S/C11H16ClNO.C2H4/c12-10-4-6-11(7-5-10)13-8-2-1-3-9-14;1-2/h4-7,13-14H,1-3,8-9H2;1-2H2. The molecule has 0 radical (unpaired) electrons. The summed E-state index contributed by atoms with van der Waals surface area (Å²) >= 11 is 5.76. The maximum atomic E-state index is 8.58. The Bertz CT molecular complexity index is 261. The topological polar surface area (TPSA) is 32.3 Å². The van der Waals surface area contributed by atoms with Gasteiger partial charge >= 0.3 is 0 Å². The highest BCUT2D eigenvalue weighted by atomic mass is 35.5. The molecule has 0 aliphatic heterocycles. The van der Waals surface area contributed by atoms with Crippen LogP contribution in [0.4, 0.5) is 5.69 Å². The fraction of sp³-hybridized carbons (Fsp3) is 0.385. The summed E-state index contributed by atoms with van der Waals surface area (Å²) in [5, 5.41) is 12.6. The summed E-state index contributed by atoms with van der Waals surface area (Å²) in [5.41, 5.74) is 1.10. The van der Waals surface area contributed by atoms with Crippen LogP contribution >= 0.6 is 11.6 Å². The van der Waals surface area contributed by atoms with Crippen molar-refractivity contribution in [1.82, 2.24) is 0 Å². The zero-order valence-electron chi connectivity index (χ0n) is 9.58. The highest BCUT2D eigenvalue weighted by molar-refractivity contribution is 6.30. The fourth-order valence-corrected chi connectivity index (χ4v) is 1.34. The maximum Gasteiger partial charge on any atom is 0.0431 e. The first kappa shape index (κ1) is 15.0. The monoisotopic (exact) mass is 241 g/mol. The second-order valence-electron chi connectivity index (χ2n) is 3.22. The molecular formula is C13H20ClNO. The van der Waals surface area contributed by atoms with E-state index in [0.717, 1.165) is 36.5 Å². The van der Waals surface area contributed by atoms with Gasteiger partial charge in [-0.25, -0.2) is 0 Å². The zero-order chi connectivity index (χ0) is 12.2. The molecule has 0 bridgehead atoms. The molecule has 16 heavy (non-hydrogen) atoms. The molecule has 3 heteroatoms. The van der Waals surface area contributed by atoms with Gasteiger partial charge in [0.05, 0.1) is 0 Å². The van der Waals surface area contributed by atoms with Crippen LogP contribution in [-0.4, -0.2) is 18.3 Å².